The molecule has 0 aromatic heterocycles. The van der Waals surface area contributed by atoms with Gasteiger partial charge in [0, 0.05) is 11.8 Å². The first-order valence-electron chi connectivity index (χ1n) is 6.68. The second kappa shape index (κ2) is 2.23. The predicted octanol–water partition coefficient (Wildman–Crippen LogP) is 3.07. The average Bonchev–Trinajstić information content (AvgIpc) is 3.03. The Morgan fingerprint density at radius 1 is 0.867 bits per heavy atom. The highest BCUT2D eigenvalue weighted by Crippen LogP contribution is 2.70. The van der Waals surface area contributed by atoms with Crippen molar-refractivity contribution in [3.63, 3.8) is 0 Å². The second-order valence-corrected chi connectivity index (χ2v) is 6.48. The molecule has 0 N–H and O–H groups in total. The van der Waals surface area contributed by atoms with E-state index in [-0.39, 0.29) is 0 Å². The SMILES string of the molecule is [C+]1=CC2C(C1)C1CC2C2C3C=CC(C3)C12. The topological polar surface area (TPSA) is 0 Å². The van der Waals surface area contributed by atoms with Crippen molar-refractivity contribution in [1.29, 1.82) is 0 Å². The van der Waals surface area contributed by atoms with Crippen LogP contribution in [-0.2, 0) is 0 Å². The van der Waals surface area contributed by atoms with Crippen LogP contribution in [0.1, 0.15) is 19.3 Å². The monoisotopic (exact) mass is 197 g/mol. The second-order valence-electron chi connectivity index (χ2n) is 6.48. The van der Waals surface area contributed by atoms with Gasteiger partial charge in [-0.2, -0.15) is 0 Å². The first kappa shape index (κ1) is 7.63. The van der Waals surface area contributed by atoms with Gasteiger partial charge in [-0.3, -0.25) is 0 Å². The van der Waals surface area contributed by atoms with Crippen molar-refractivity contribution in [2.75, 3.05) is 0 Å². The van der Waals surface area contributed by atoms with E-state index in [2.05, 4.69) is 24.3 Å². The number of rotatable bonds is 0. The largest absolute Gasteiger partial charge is 0.218 e. The third-order valence-corrected chi connectivity index (χ3v) is 6.32. The lowest BCUT2D eigenvalue weighted by molar-refractivity contribution is 0.121. The molecule has 0 aliphatic heterocycles. The summed E-state index contributed by atoms with van der Waals surface area (Å²) in [5.74, 6) is 8.24. The van der Waals surface area contributed by atoms with E-state index in [4.69, 9.17) is 0 Å². The van der Waals surface area contributed by atoms with Crippen molar-refractivity contribution >= 4 is 0 Å². The van der Waals surface area contributed by atoms with Gasteiger partial charge < -0.3 is 0 Å². The molecule has 4 bridgehead atoms. The summed E-state index contributed by atoms with van der Waals surface area (Å²) in [5, 5.41) is 0. The first-order chi connectivity index (χ1) is 7.43. The molecule has 0 heterocycles. The minimum absolute atomic E-state index is 0.948. The summed E-state index contributed by atoms with van der Waals surface area (Å²) in [6.07, 6.45) is 15.4. The number of hydrogen-bond acceptors (Lipinski definition) is 0. The molecule has 0 aromatic carbocycles. The Hall–Kier alpha value is -0.610. The standard InChI is InChI=1S/C15H17/c1-2-10-11(3-1)13-7-12(10)14-8-4-5-9(6-8)15(13)14/h2,4-5,8-15H,3,6-7H2/q+1. The summed E-state index contributed by atoms with van der Waals surface area (Å²) in [5.41, 5.74) is 0. The van der Waals surface area contributed by atoms with E-state index in [1.807, 2.05) is 0 Å². The Morgan fingerprint density at radius 2 is 1.67 bits per heavy atom. The van der Waals surface area contributed by atoms with Crippen molar-refractivity contribution < 1.29 is 0 Å². The molecule has 5 rings (SSSR count). The molecule has 3 saturated carbocycles. The Balaban J connectivity index is 1.63. The van der Waals surface area contributed by atoms with Gasteiger partial charge in [0.05, 0.1) is 0 Å². The lowest BCUT2D eigenvalue weighted by Crippen LogP contribution is -2.34. The molecule has 5 aliphatic carbocycles. The molecular weight excluding hydrogens is 180 g/mol. The third kappa shape index (κ3) is 0.684. The minimum Gasteiger partial charge on any atom is -0.0848 e. The van der Waals surface area contributed by atoms with E-state index in [0.717, 1.165) is 47.3 Å². The highest BCUT2D eigenvalue weighted by molar-refractivity contribution is 5.24. The van der Waals surface area contributed by atoms with Crippen LogP contribution in [0.3, 0.4) is 0 Å². The van der Waals surface area contributed by atoms with Gasteiger partial charge in [-0.05, 0) is 48.3 Å². The highest BCUT2D eigenvalue weighted by atomic mass is 14.7. The van der Waals surface area contributed by atoms with E-state index in [9.17, 15) is 0 Å². The fraction of sp³-hybridized carbons (Fsp3) is 0.733. The molecule has 0 aromatic rings. The smallest absolute Gasteiger partial charge is 0.0848 e. The lowest BCUT2D eigenvalue weighted by atomic mass is 9.66. The number of hydrogen-bond donors (Lipinski definition) is 0. The van der Waals surface area contributed by atoms with Crippen molar-refractivity contribution in [1.82, 2.24) is 0 Å². The molecule has 0 amide bonds. The van der Waals surface area contributed by atoms with Crippen LogP contribution < -0.4 is 0 Å². The molecule has 8 unspecified atom stereocenters. The summed E-state index contributed by atoms with van der Waals surface area (Å²) < 4.78 is 0. The average molecular weight is 197 g/mol. The summed E-state index contributed by atoms with van der Waals surface area (Å²) in [6.45, 7) is 0. The maximum absolute atomic E-state index is 3.52. The van der Waals surface area contributed by atoms with Crippen molar-refractivity contribution in [3.8, 4) is 0 Å². The third-order valence-electron chi connectivity index (χ3n) is 6.32. The maximum Gasteiger partial charge on any atom is 0.218 e. The summed E-state index contributed by atoms with van der Waals surface area (Å²) in [7, 11) is 0. The zero-order chi connectivity index (χ0) is 9.57. The quantitative estimate of drug-likeness (QED) is 0.318. The van der Waals surface area contributed by atoms with Crippen LogP contribution in [0.2, 0.25) is 0 Å². The Bertz CT molecular complexity index is 377. The van der Waals surface area contributed by atoms with Crippen LogP contribution in [0.4, 0.5) is 0 Å². The minimum atomic E-state index is 0.948. The van der Waals surface area contributed by atoms with E-state index < -0.39 is 0 Å². The zero-order valence-electron chi connectivity index (χ0n) is 8.97. The molecule has 3 fully saturated rings. The van der Waals surface area contributed by atoms with E-state index in [1.54, 1.807) is 6.42 Å². The van der Waals surface area contributed by atoms with Gasteiger partial charge >= 0.3 is 0 Å². The van der Waals surface area contributed by atoms with E-state index in [0.29, 0.717) is 0 Å². The van der Waals surface area contributed by atoms with Crippen LogP contribution in [0, 0.1) is 53.4 Å². The van der Waals surface area contributed by atoms with Crippen LogP contribution in [-0.4, -0.2) is 0 Å². The fourth-order valence-corrected chi connectivity index (χ4v) is 6.08. The molecule has 8 atom stereocenters. The Kier molecular flexibility index (Phi) is 1.13. The molecule has 0 radical (unpaired) electrons. The van der Waals surface area contributed by atoms with Gasteiger partial charge in [-0.1, -0.05) is 12.2 Å². The summed E-state index contributed by atoms with van der Waals surface area (Å²) in [6, 6.07) is 0. The highest BCUT2D eigenvalue weighted by Gasteiger charge is 2.66. The van der Waals surface area contributed by atoms with E-state index in [1.165, 1.54) is 12.8 Å². The Morgan fingerprint density at radius 3 is 2.53 bits per heavy atom. The summed E-state index contributed by atoms with van der Waals surface area (Å²) >= 11 is 0. The van der Waals surface area contributed by atoms with Gasteiger partial charge in [0.1, 0.15) is 0 Å². The van der Waals surface area contributed by atoms with Crippen LogP contribution in [0.25, 0.3) is 0 Å². The fourth-order valence-electron chi connectivity index (χ4n) is 6.08. The molecular formula is C15H17+. The number of allylic oxidation sites excluding steroid dienone is 4. The van der Waals surface area contributed by atoms with Gasteiger partial charge in [0.25, 0.3) is 0 Å². The van der Waals surface area contributed by atoms with Crippen LogP contribution in [0.5, 0.6) is 0 Å². The molecule has 5 aliphatic rings. The molecule has 0 spiro atoms. The number of fused-ring (bicyclic) bond motifs is 12. The van der Waals surface area contributed by atoms with Gasteiger partial charge in [0.2, 0.25) is 6.08 Å². The van der Waals surface area contributed by atoms with Gasteiger partial charge in [0.15, 0.2) is 12.5 Å². The molecule has 0 saturated heterocycles. The van der Waals surface area contributed by atoms with E-state index >= 15 is 0 Å². The van der Waals surface area contributed by atoms with Gasteiger partial charge in [-0.25, -0.2) is 0 Å². The van der Waals surface area contributed by atoms with Gasteiger partial charge in [-0.15, -0.1) is 0 Å². The van der Waals surface area contributed by atoms with Crippen LogP contribution >= 0.6 is 0 Å². The predicted molar refractivity (Wildman–Crippen MR) is 58.7 cm³/mol. The summed E-state index contributed by atoms with van der Waals surface area (Å²) in [4.78, 5) is 0. The van der Waals surface area contributed by atoms with Crippen LogP contribution in [0.15, 0.2) is 18.2 Å². The van der Waals surface area contributed by atoms with Crippen molar-refractivity contribution in [2.24, 2.45) is 47.3 Å². The molecule has 76 valence electrons. The molecule has 0 heteroatoms. The molecule has 0 nitrogen and oxygen atoms in total. The normalized spacial score (nSPS) is 66.1. The first-order valence-corrected chi connectivity index (χ1v) is 6.68. The maximum atomic E-state index is 3.52. The molecule has 15 heavy (non-hydrogen) atoms. The Labute approximate surface area is 91.4 Å². The van der Waals surface area contributed by atoms with Crippen molar-refractivity contribution in [2.45, 2.75) is 19.3 Å². The van der Waals surface area contributed by atoms with Crippen molar-refractivity contribution in [3.05, 3.63) is 24.3 Å². The zero-order valence-corrected chi connectivity index (χ0v) is 8.97. The lowest BCUT2D eigenvalue weighted by Gasteiger charge is -2.36.